The van der Waals surface area contributed by atoms with Crippen LogP contribution in [-0.4, -0.2) is 15.6 Å². The van der Waals surface area contributed by atoms with Crippen LogP contribution in [0, 0.1) is 19.8 Å². The van der Waals surface area contributed by atoms with E-state index in [2.05, 4.69) is 5.10 Å². The van der Waals surface area contributed by atoms with Gasteiger partial charge in [-0.05, 0) is 32.8 Å². The maximum absolute atomic E-state index is 12.1. The van der Waals surface area contributed by atoms with Gasteiger partial charge in [-0.1, -0.05) is 19.3 Å². The predicted octanol–water partition coefficient (Wildman–Crippen LogP) is 2.65. The molecule has 1 aromatic heterocycles. The molecular weight excluding hydrogens is 200 g/mol. The Morgan fingerprint density at radius 3 is 2.62 bits per heavy atom. The van der Waals surface area contributed by atoms with Gasteiger partial charge in [-0.15, -0.1) is 0 Å². The molecule has 0 saturated heterocycles. The molecule has 1 aromatic rings. The van der Waals surface area contributed by atoms with Crippen LogP contribution in [0.5, 0.6) is 0 Å². The zero-order valence-corrected chi connectivity index (χ0v) is 10.2. The van der Waals surface area contributed by atoms with Crippen molar-refractivity contribution in [1.29, 1.82) is 0 Å². The lowest BCUT2D eigenvalue weighted by atomic mass is 9.86. The number of aryl methyl sites for hydroxylation is 2. The number of nitrogens with zero attached hydrogens (tertiary/aromatic N) is 2. The van der Waals surface area contributed by atoms with Crippen molar-refractivity contribution in [1.82, 2.24) is 9.78 Å². The first kappa shape index (κ1) is 11.4. The number of Topliss-reactive ketones (excluding diaryl/α,β-unsaturated/α-hetero) is 1. The Kier molecular flexibility index (Phi) is 3.42. The van der Waals surface area contributed by atoms with E-state index in [1.807, 2.05) is 24.6 Å². The molecule has 0 aromatic carbocycles. The van der Waals surface area contributed by atoms with E-state index in [1.54, 1.807) is 0 Å². The van der Waals surface area contributed by atoms with Gasteiger partial charge in [0, 0.05) is 11.6 Å². The number of rotatable bonds is 3. The first-order valence-corrected chi connectivity index (χ1v) is 6.20. The molecule has 0 N–H and O–H groups in total. The van der Waals surface area contributed by atoms with Crippen molar-refractivity contribution in [2.45, 2.75) is 52.5 Å². The lowest BCUT2D eigenvalue weighted by Gasteiger charge is -2.20. The maximum Gasteiger partial charge on any atom is 0.157 e. The minimum atomic E-state index is 0.289. The SMILES string of the molecule is Cc1cc(C)n(CC(=O)C2CCCCC2)n1. The third kappa shape index (κ3) is 2.52. The fourth-order valence-corrected chi connectivity index (χ4v) is 2.54. The zero-order valence-electron chi connectivity index (χ0n) is 10.2. The summed E-state index contributed by atoms with van der Waals surface area (Å²) in [5.41, 5.74) is 2.08. The Morgan fingerprint density at radius 2 is 2.06 bits per heavy atom. The van der Waals surface area contributed by atoms with Gasteiger partial charge in [0.15, 0.2) is 5.78 Å². The molecule has 1 aliphatic rings. The first-order valence-electron chi connectivity index (χ1n) is 6.20. The highest BCUT2D eigenvalue weighted by molar-refractivity contribution is 5.80. The van der Waals surface area contributed by atoms with Crippen molar-refractivity contribution in [3.63, 3.8) is 0 Å². The molecule has 0 aliphatic heterocycles. The summed E-state index contributed by atoms with van der Waals surface area (Å²) in [5, 5.41) is 4.34. The second-order valence-corrected chi connectivity index (χ2v) is 4.89. The van der Waals surface area contributed by atoms with Crippen LogP contribution in [0.3, 0.4) is 0 Å². The number of ketones is 1. The van der Waals surface area contributed by atoms with E-state index in [9.17, 15) is 4.79 Å². The van der Waals surface area contributed by atoms with E-state index in [0.717, 1.165) is 24.2 Å². The van der Waals surface area contributed by atoms with Gasteiger partial charge < -0.3 is 0 Å². The standard InChI is InChI=1S/C13H20N2O/c1-10-8-11(2)15(14-10)9-13(16)12-6-4-3-5-7-12/h8,12H,3-7,9H2,1-2H3. The van der Waals surface area contributed by atoms with Gasteiger partial charge in [0.2, 0.25) is 0 Å². The predicted molar refractivity (Wildman–Crippen MR) is 63.3 cm³/mol. The van der Waals surface area contributed by atoms with Crippen LogP contribution in [0.1, 0.15) is 43.5 Å². The molecule has 0 bridgehead atoms. The summed E-state index contributed by atoms with van der Waals surface area (Å²) in [4.78, 5) is 12.1. The van der Waals surface area contributed by atoms with Gasteiger partial charge in [-0.3, -0.25) is 9.48 Å². The highest BCUT2D eigenvalue weighted by Gasteiger charge is 2.21. The molecular formula is C13H20N2O. The molecule has 88 valence electrons. The second-order valence-electron chi connectivity index (χ2n) is 4.89. The fraction of sp³-hybridized carbons (Fsp3) is 0.692. The quantitative estimate of drug-likeness (QED) is 0.785. The van der Waals surface area contributed by atoms with Gasteiger partial charge in [0.25, 0.3) is 0 Å². The topological polar surface area (TPSA) is 34.9 Å². The van der Waals surface area contributed by atoms with Crippen LogP contribution < -0.4 is 0 Å². The summed E-state index contributed by atoms with van der Waals surface area (Å²) in [6, 6.07) is 2.02. The number of carbonyl (C=O) groups is 1. The van der Waals surface area contributed by atoms with Crippen molar-refractivity contribution in [3.8, 4) is 0 Å². The van der Waals surface area contributed by atoms with Crippen molar-refractivity contribution in [2.24, 2.45) is 5.92 Å². The largest absolute Gasteiger partial charge is 0.297 e. The Bertz CT molecular complexity index is 375. The second kappa shape index (κ2) is 4.81. The zero-order chi connectivity index (χ0) is 11.5. The summed E-state index contributed by atoms with van der Waals surface area (Å²) in [5.74, 6) is 0.656. The van der Waals surface area contributed by atoms with Gasteiger partial charge in [-0.2, -0.15) is 5.10 Å². The van der Waals surface area contributed by atoms with Gasteiger partial charge in [-0.25, -0.2) is 0 Å². The van der Waals surface area contributed by atoms with Gasteiger partial charge >= 0.3 is 0 Å². The van der Waals surface area contributed by atoms with E-state index in [-0.39, 0.29) is 5.92 Å². The lowest BCUT2D eigenvalue weighted by Crippen LogP contribution is -2.23. The number of aromatic nitrogens is 2. The Balaban J connectivity index is 1.98. The highest BCUT2D eigenvalue weighted by atomic mass is 16.1. The van der Waals surface area contributed by atoms with Gasteiger partial charge in [0.1, 0.15) is 6.54 Å². The van der Waals surface area contributed by atoms with Gasteiger partial charge in [0.05, 0.1) is 5.69 Å². The molecule has 3 nitrogen and oxygen atoms in total. The molecule has 1 fully saturated rings. The molecule has 0 amide bonds. The number of hydrogen-bond acceptors (Lipinski definition) is 2. The minimum absolute atomic E-state index is 0.289. The van der Waals surface area contributed by atoms with Crippen LogP contribution in [0.4, 0.5) is 0 Å². The first-order chi connectivity index (χ1) is 7.66. The molecule has 3 heteroatoms. The van der Waals surface area contributed by atoms with Crippen molar-refractivity contribution in [3.05, 3.63) is 17.5 Å². The third-order valence-corrected chi connectivity index (χ3v) is 3.47. The molecule has 1 saturated carbocycles. The normalized spacial score (nSPS) is 17.6. The lowest BCUT2D eigenvalue weighted by molar-refractivity contribution is -0.124. The molecule has 1 heterocycles. The van der Waals surface area contributed by atoms with Crippen molar-refractivity contribution >= 4 is 5.78 Å². The third-order valence-electron chi connectivity index (χ3n) is 3.47. The summed E-state index contributed by atoms with van der Waals surface area (Å²) in [7, 11) is 0. The van der Waals surface area contributed by atoms with Crippen molar-refractivity contribution < 1.29 is 4.79 Å². The maximum atomic E-state index is 12.1. The van der Waals surface area contributed by atoms with Crippen LogP contribution in [0.2, 0.25) is 0 Å². The highest BCUT2D eigenvalue weighted by Crippen LogP contribution is 2.24. The van der Waals surface area contributed by atoms with E-state index >= 15 is 0 Å². The van der Waals surface area contributed by atoms with E-state index in [0.29, 0.717) is 12.3 Å². The molecule has 0 radical (unpaired) electrons. The molecule has 0 unspecified atom stereocenters. The van der Waals surface area contributed by atoms with Crippen molar-refractivity contribution in [2.75, 3.05) is 0 Å². The van der Waals surface area contributed by atoms with Crippen LogP contribution in [0.25, 0.3) is 0 Å². The van der Waals surface area contributed by atoms with Crippen LogP contribution in [0.15, 0.2) is 6.07 Å². The summed E-state index contributed by atoms with van der Waals surface area (Å²) in [6.07, 6.45) is 5.89. The molecule has 16 heavy (non-hydrogen) atoms. The Labute approximate surface area is 96.8 Å². The Hall–Kier alpha value is -1.12. The summed E-state index contributed by atoms with van der Waals surface area (Å²) < 4.78 is 1.84. The number of carbonyl (C=O) groups excluding carboxylic acids is 1. The Morgan fingerprint density at radius 1 is 1.38 bits per heavy atom. The number of hydrogen-bond donors (Lipinski definition) is 0. The van der Waals surface area contributed by atoms with E-state index < -0.39 is 0 Å². The molecule has 0 atom stereocenters. The van der Waals surface area contributed by atoms with E-state index in [4.69, 9.17) is 0 Å². The molecule has 2 rings (SSSR count). The fourth-order valence-electron chi connectivity index (χ4n) is 2.54. The summed E-state index contributed by atoms with van der Waals surface area (Å²) in [6.45, 7) is 4.44. The summed E-state index contributed by atoms with van der Waals surface area (Å²) >= 11 is 0. The van der Waals surface area contributed by atoms with Crippen LogP contribution in [-0.2, 0) is 11.3 Å². The monoisotopic (exact) mass is 220 g/mol. The van der Waals surface area contributed by atoms with Crippen LogP contribution >= 0.6 is 0 Å². The minimum Gasteiger partial charge on any atom is -0.297 e. The van der Waals surface area contributed by atoms with E-state index in [1.165, 1.54) is 19.3 Å². The smallest absolute Gasteiger partial charge is 0.157 e. The molecule has 0 spiro atoms. The average molecular weight is 220 g/mol. The average Bonchev–Trinajstić information content (AvgIpc) is 2.59. The molecule has 1 aliphatic carbocycles.